The van der Waals surface area contributed by atoms with E-state index in [-0.39, 0.29) is 12.4 Å². The molecule has 0 aliphatic heterocycles. The molecule has 4 nitrogen and oxygen atoms in total. The largest absolute Gasteiger partial charge is 0.493 e. The molecule has 0 aliphatic rings. The van der Waals surface area contributed by atoms with Crippen molar-refractivity contribution in [2.24, 2.45) is 0 Å². The Labute approximate surface area is 134 Å². The van der Waals surface area contributed by atoms with Gasteiger partial charge in [0.25, 0.3) is 0 Å². The van der Waals surface area contributed by atoms with Crippen LogP contribution >= 0.6 is 11.6 Å². The van der Waals surface area contributed by atoms with Crippen molar-refractivity contribution in [1.29, 1.82) is 0 Å². The molecule has 0 aromatic heterocycles. The van der Waals surface area contributed by atoms with Crippen LogP contribution in [0.3, 0.4) is 0 Å². The van der Waals surface area contributed by atoms with E-state index in [0.29, 0.717) is 27.6 Å². The van der Waals surface area contributed by atoms with Crippen molar-refractivity contribution in [1.82, 2.24) is 0 Å². The van der Waals surface area contributed by atoms with Crippen molar-refractivity contribution in [2.45, 2.75) is 13.0 Å². The standard InChI is InChI=1S/C17H17ClO4/c1-11(19)13-5-8-16(17(9-13)21-2)22-10-15(20)12-3-6-14(18)7-4-12/h3-9,15,20H,10H2,1-2H3/t15-/m0/s1. The minimum atomic E-state index is -0.783. The quantitative estimate of drug-likeness (QED) is 0.825. The molecule has 2 aromatic rings. The summed E-state index contributed by atoms with van der Waals surface area (Å²) in [6.07, 6.45) is -0.783. The molecule has 2 aromatic carbocycles. The average Bonchev–Trinajstić information content (AvgIpc) is 2.52. The van der Waals surface area contributed by atoms with Crippen LogP contribution in [0.15, 0.2) is 42.5 Å². The number of Topliss-reactive ketones (excluding diaryl/α,β-unsaturated/α-hetero) is 1. The molecule has 0 spiro atoms. The molecule has 22 heavy (non-hydrogen) atoms. The van der Waals surface area contributed by atoms with Gasteiger partial charge in [0.05, 0.1) is 7.11 Å². The summed E-state index contributed by atoms with van der Waals surface area (Å²) in [5.41, 5.74) is 1.26. The zero-order valence-corrected chi connectivity index (χ0v) is 13.1. The van der Waals surface area contributed by atoms with Gasteiger partial charge in [-0.3, -0.25) is 4.79 Å². The Morgan fingerprint density at radius 3 is 2.45 bits per heavy atom. The molecule has 0 bridgehead atoms. The number of ether oxygens (including phenoxy) is 2. The summed E-state index contributed by atoms with van der Waals surface area (Å²) < 4.78 is 10.8. The van der Waals surface area contributed by atoms with E-state index in [0.717, 1.165) is 0 Å². The van der Waals surface area contributed by atoms with Crippen molar-refractivity contribution in [2.75, 3.05) is 13.7 Å². The van der Waals surface area contributed by atoms with E-state index in [1.807, 2.05) is 0 Å². The van der Waals surface area contributed by atoms with Crippen LogP contribution < -0.4 is 9.47 Å². The van der Waals surface area contributed by atoms with Gasteiger partial charge in [0.1, 0.15) is 12.7 Å². The Bertz CT molecular complexity index is 652. The first-order chi connectivity index (χ1) is 10.5. The van der Waals surface area contributed by atoms with E-state index in [4.69, 9.17) is 21.1 Å². The van der Waals surface area contributed by atoms with Crippen molar-refractivity contribution in [3.05, 3.63) is 58.6 Å². The Balaban J connectivity index is 2.07. The zero-order valence-electron chi connectivity index (χ0n) is 12.4. The molecule has 0 heterocycles. The maximum absolute atomic E-state index is 11.4. The van der Waals surface area contributed by atoms with Gasteiger partial charge in [-0.15, -0.1) is 0 Å². The second-order valence-electron chi connectivity index (χ2n) is 4.80. The number of benzene rings is 2. The van der Waals surface area contributed by atoms with E-state index >= 15 is 0 Å². The van der Waals surface area contributed by atoms with Crippen LogP contribution in [0.25, 0.3) is 0 Å². The first kappa shape index (κ1) is 16.3. The van der Waals surface area contributed by atoms with Crippen LogP contribution in [0, 0.1) is 0 Å². The lowest BCUT2D eigenvalue weighted by molar-refractivity contribution is 0.101. The van der Waals surface area contributed by atoms with Crippen LogP contribution in [-0.2, 0) is 0 Å². The van der Waals surface area contributed by atoms with Crippen molar-refractivity contribution < 1.29 is 19.4 Å². The second-order valence-corrected chi connectivity index (χ2v) is 5.24. The highest BCUT2D eigenvalue weighted by Crippen LogP contribution is 2.29. The molecule has 0 fully saturated rings. The molecular formula is C17H17ClO4. The van der Waals surface area contributed by atoms with E-state index in [1.165, 1.54) is 14.0 Å². The Kier molecular flexibility index (Phi) is 5.41. The van der Waals surface area contributed by atoms with Crippen LogP contribution in [0.1, 0.15) is 28.9 Å². The minimum absolute atomic E-state index is 0.0500. The minimum Gasteiger partial charge on any atom is -0.493 e. The predicted octanol–water partition coefficient (Wildman–Crippen LogP) is 3.66. The second kappa shape index (κ2) is 7.29. The molecule has 0 radical (unpaired) electrons. The first-order valence-electron chi connectivity index (χ1n) is 6.76. The smallest absolute Gasteiger partial charge is 0.161 e. The Hall–Kier alpha value is -2.04. The normalized spacial score (nSPS) is 11.8. The van der Waals surface area contributed by atoms with Gasteiger partial charge in [0.2, 0.25) is 0 Å². The summed E-state index contributed by atoms with van der Waals surface area (Å²) in [6.45, 7) is 1.55. The molecule has 2 rings (SSSR count). The highest BCUT2D eigenvalue weighted by Gasteiger charge is 2.12. The van der Waals surface area contributed by atoms with Gasteiger partial charge in [0, 0.05) is 10.6 Å². The highest BCUT2D eigenvalue weighted by molar-refractivity contribution is 6.30. The number of aliphatic hydroxyl groups excluding tert-OH is 1. The number of hydrogen-bond donors (Lipinski definition) is 1. The third-order valence-electron chi connectivity index (χ3n) is 3.22. The first-order valence-corrected chi connectivity index (χ1v) is 7.14. The van der Waals surface area contributed by atoms with E-state index in [2.05, 4.69) is 0 Å². The molecule has 0 unspecified atom stereocenters. The maximum Gasteiger partial charge on any atom is 0.161 e. The SMILES string of the molecule is COc1cc(C(C)=O)ccc1OC[C@H](O)c1ccc(Cl)cc1. The van der Waals surface area contributed by atoms with Crippen molar-refractivity contribution in [3.8, 4) is 11.5 Å². The molecule has 0 amide bonds. The average molecular weight is 321 g/mol. The van der Waals surface area contributed by atoms with Crippen molar-refractivity contribution >= 4 is 17.4 Å². The molecular weight excluding hydrogens is 304 g/mol. The van der Waals surface area contributed by atoms with Gasteiger partial charge in [-0.2, -0.15) is 0 Å². The van der Waals surface area contributed by atoms with Gasteiger partial charge >= 0.3 is 0 Å². The van der Waals surface area contributed by atoms with Crippen LogP contribution in [0.4, 0.5) is 0 Å². The number of carbonyl (C=O) groups excluding carboxylic acids is 1. The van der Waals surface area contributed by atoms with Gasteiger partial charge in [-0.05, 0) is 42.8 Å². The molecule has 116 valence electrons. The summed E-state index contributed by atoms with van der Waals surface area (Å²) in [5.74, 6) is 0.877. The molecule has 0 aliphatic carbocycles. The van der Waals surface area contributed by atoms with Gasteiger partial charge in [0.15, 0.2) is 17.3 Å². The molecule has 1 N–H and O–H groups in total. The third-order valence-corrected chi connectivity index (χ3v) is 3.47. The van der Waals surface area contributed by atoms with E-state index < -0.39 is 6.10 Å². The fourth-order valence-corrected chi connectivity index (χ4v) is 2.08. The fourth-order valence-electron chi connectivity index (χ4n) is 1.96. The lowest BCUT2D eigenvalue weighted by Crippen LogP contribution is -2.10. The predicted molar refractivity (Wildman–Crippen MR) is 84.9 cm³/mol. The highest BCUT2D eigenvalue weighted by atomic mass is 35.5. The summed E-state index contributed by atoms with van der Waals surface area (Å²) in [6, 6.07) is 11.8. The fraction of sp³-hybridized carbons (Fsp3) is 0.235. The molecule has 1 atom stereocenters. The lowest BCUT2D eigenvalue weighted by Gasteiger charge is -2.15. The van der Waals surface area contributed by atoms with Crippen LogP contribution in [0.5, 0.6) is 11.5 Å². The maximum atomic E-state index is 11.4. The summed E-state index contributed by atoms with van der Waals surface area (Å²) in [4.78, 5) is 11.4. The van der Waals surface area contributed by atoms with Crippen LogP contribution in [0.2, 0.25) is 5.02 Å². The topological polar surface area (TPSA) is 55.8 Å². The Morgan fingerprint density at radius 1 is 1.18 bits per heavy atom. The number of halogens is 1. The Morgan fingerprint density at radius 2 is 1.86 bits per heavy atom. The van der Waals surface area contributed by atoms with Gasteiger partial charge < -0.3 is 14.6 Å². The molecule has 5 heteroatoms. The monoisotopic (exact) mass is 320 g/mol. The number of aliphatic hydroxyl groups is 1. The van der Waals surface area contributed by atoms with Gasteiger partial charge in [-0.1, -0.05) is 23.7 Å². The molecule has 0 saturated carbocycles. The summed E-state index contributed by atoms with van der Waals surface area (Å²) in [7, 11) is 1.50. The van der Waals surface area contributed by atoms with Gasteiger partial charge in [-0.25, -0.2) is 0 Å². The summed E-state index contributed by atoms with van der Waals surface area (Å²) in [5, 5.41) is 10.7. The molecule has 0 saturated heterocycles. The number of ketones is 1. The number of hydrogen-bond acceptors (Lipinski definition) is 4. The van der Waals surface area contributed by atoms with E-state index in [9.17, 15) is 9.90 Å². The lowest BCUT2D eigenvalue weighted by atomic mass is 10.1. The number of carbonyl (C=O) groups is 1. The van der Waals surface area contributed by atoms with Crippen LogP contribution in [-0.4, -0.2) is 24.6 Å². The number of methoxy groups -OCH3 is 1. The summed E-state index contributed by atoms with van der Waals surface area (Å²) >= 11 is 5.81. The number of rotatable bonds is 6. The van der Waals surface area contributed by atoms with E-state index in [1.54, 1.807) is 42.5 Å². The third kappa shape index (κ3) is 4.00. The van der Waals surface area contributed by atoms with Crippen molar-refractivity contribution in [3.63, 3.8) is 0 Å². The zero-order chi connectivity index (χ0) is 16.1.